The third-order valence-corrected chi connectivity index (χ3v) is 3.42. The average molecular weight is 313 g/mol. The normalized spacial score (nSPS) is 11.8. The van der Waals surface area contributed by atoms with Gasteiger partial charge in [0.2, 0.25) is 5.91 Å². The quantitative estimate of drug-likeness (QED) is 0.772. The van der Waals surface area contributed by atoms with Crippen molar-refractivity contribution in [2.75, 3.05) is 0 Å². The first-order valence-electron chi connectivity index (χ1n) is 7.05. The van der Waals surface area contributed by atoms with Gasteiger partial charge in [0.1, 0.15) is 5.78 Å². The number of carbonyl (C=O) groups is 2. The summed E-state index contributed by atoms with van der Waals surface area (Å²) in [4.78, 5) is 22.5. The lowest BCUT2D eigenvalue weighted by atomic mass is 9.98. The summed E-state index contributed by atoms with van der Waals surface area (Å²) in [5.41, 5.74) is 13.2. The summed E-state index contributed by atoms with van der Waals surface area (Å²) in [7, 11) is 0. The van der Waals surface area contributed by atoms with E-state index in [9.17, 15) is 9.59 Å². The van der Waals surface area contributed by atoms with Crippen LogP contribution in [0.5, 0.6) is 0 Å². The summed E-state index contributed by atoms with van der Waals surface area (Å²) in [6, 6.07) is 7.71. The highest BCUT2D eigenvalue weighted by Crippen LogP contribution is 2.15. The van der Waals surface area contributed by atoms with Gasteiger partial charge in [0, 0.05) is 12.8 Å². The molecule has 1 aromatic carbocycles. The average Bonchev–Trinajstić information content (AvgIpc) is 2.42. The van der Waals surface area contributed by atoms with Crippen LogP contribution in [0.4, 0.5) is 0 Å². The van der Waals surface area contributed by atoms with Gasteiger partial charge in [-0.2, -0.15) is 0 Å². The number of hydrogen-bond donors (Lipinski definition) is 2. The van der Waals surface area contributed by atoms with Crippen molar-refractivity contribution in [1.29, 1.82) is 0 Å². The Bertz CT molecular complexity index is 458. The summed E-state index contributed by atoms with van der Waals surface area (Å²) >= 11 is 0. The number of rotatable bonds is 8. The molecule has 5 heteroatoms. The summed E-state index contributed by atoms with van der Waals surface area (Å²) in [5, 5.41) is 0. The van der Waals surface area contributed by atoms with Gasteiger partial charge in [0.05, 0.1) is 6.04 Å². The Kier molecular flexibility index (Phi) is 8.90. The van der Waals surface area contributed by atoms with Crippen molar-refractivity contribution >= 4 is 24.1 Å². The van der Waals surface area contributed by atoms with E-state index in [4.69, 9.17) is 11.5 Å². The van der Waals surface area contributed by atoms with Gasteiger partial charge < -0.3 is 11.5 Å². The van der Waals surface area contributed by atoms with Crippen LogP contribution in [0.2, 0.25) is 0 Å². The molecule has 0 saturated carbocycles. The van der Waals surface area contributed by atoms with Crippen molar-refractivity contribution in [2.24, 2.45) is 11.5 Å². The maximum atomic E-state index is 11.8. The summed E-state index contributed by atoms with van der Waals surface area (Å²) in [6.07, 6.45) is 1.58. The molecule has 0 aliphatic carbocycles. The molecule has 0 saturated heterocycles. The number of primary amides is 1. The minimum absolute atomic E-state index is 0. The zero-order valence-corrected chi connectivity index (χ0v) is 13.5. The molecule has 0 aliphatic heterocycles. The molecule has 21 heavy (non-hydrogen) atoms. The molecule has 118 valence electrons. The summed E-state index contributed by atoms with van der Waals surface area (Å²) < 4.78 is 0. The number of benzene rings is 1. The largest absolute Gasteiger partial charge is 0.370 e. The lowest BCUT2D eigenvalue weighted by Crippen LogP contribution is -2.32. The van der Waals surface area contributed by atoms with Gasteiger partial charge in [-0.1, -0.05) is 38.1 Å². The van der Waals surface area contributed by atoms with Gasteiger partial charge >= 0.3 is 0 Å². The zero-order valence-electron chi connectivity index (χ0n) is 12.7. The first kappa shape index (κ1) is 19.6. The van der Waals surface area contributed by atoms with Crippen molar-refractivity contribution in [3.05, 3.63) is 35.4 Å². The number of carbonyl (C=O) groups excluding carboxylic acids is 2. The third kappa shape index (κ3) is 7.25. The van der Waals surface area contributed by atoms with E-state index in [1.807, 2.05) is 0 Å². The van der Waals surface area contributed by atoms with Crippen molar-refractivity contribution in [3.8, 4) is 0 Å². The first-order chi connectivity index (χ1) is 9.40. The highest BCUT2D eigenvalue weighted by Gasteiger charge is 2.14. The van der Waals surface area contributed by atoms with Crippen molar-refractivity contribution in [3.63, 3.8) is 0 Å². The number of halogens is 1. The number of nitrogens with two attached hydrogens (primary N) is 2. The Hall–Kier alpha value is -1.39. The van der Waals surface area contributed by atoms with Gasteiger partial charge in [-0.15, -0.1) is 12.4 Å². The van der Waals surface area contributed by atoms with E-state index >= 15 is 0 Å². The van der Waals surface area contributed by atoms with Gasteiger partial charge in [-0.05, 0) is 29.9 Å². The van der Waals surface area contributed by atoms with Crippen LogP contribution in [0.3, 0.4) is 0 Å². The van der Waals surface area contributed by atoms with Gasteiger partial charge in [0.25, 0.3) is 0 Å². The van der Waals surface area contributed by atoms with Crippen LogP contribution in [0.15, 0.2) is 24.3 Å². The van der Waals surface area contributed by atoms with Crippen molar-refractivity contribution in [1.82, 2.24) is 0 Å². The monoisotopic (exact) mass is 312 g/mol. The van der Waals surface area contributed by atoms with E-state index in [0.717, 1.165) is 5.56 Å². The highest BCUT2D eigenvalue weighted by molar-refractivity contribution is 5.85. The van der Waals surface area contributed by atoms with Crippen molar-refractivity contribution in [2.45, 2.75) is 51.5 Å². The highest BCUT2D eigenvalue weighted by atomic mass is 35.5. The maximum absolute atomic E-state index is 11.8. The molecule has 4 nitrogen and oxygen atoms in total. The second-order valence-corrected chi connectivity index (χ2v) is 5.47. The van der Waals surface area contributed by atoms with Crippen LogP contribution < -0.4 is 11.5 Å². The Morgan fingerprint density at radius 2 is 1.67 bits per heavy atom. The lowest BCUT2D eigenvalue weighted by molar-refractivity contribution is -0.121. The maximum Gasteiger partial charge on any atom is 0.217 e. The predicted molar refractivity (Wildman–Crippen MR) is 87.5 cm³/mol. The fourth-order valence-electron chi connectivity index (χ4n) is 1.98. The van der Waals surface area contributed by atoms with Crippen LogP contribution in [0, 0.1) is 0 Å². The minimum atomic E-state index is -0.586. The molecule has 0 bridgehead atoms. The van der Waals surface area contributed by atoms with Gasteiger partial charge in [-0.3, -0.25) is 9.59 Å². The molecule has 1 amide bonds. The van der Waals surface area contributed by atoms with Gasteiger partial charge in [0.15, 0.2) is 0 Å². The molecule has 0 radical (unpaired) electrons. The van der Waals surface area contributed by atoms with Crippen molar-refractivity contribution < 1.29 is 9.59 Å². The molecule has 0 spiro atoms. The fourth-order valence-corrected chi connectivity index (χ4v) is 1.98. The van der Waals surface area contributed by atoms with E-state index < -0.39 is 11.9 Å². The molecule has 0 fully saturated rings. The molecule has 1 aromatic rings. The SMILES string of the molecule is CC(C)c1ccc(CCC(=O)[C@@H](N)CCC(N)=O)cc1.Cl. The minimum Gasteiger partial charge on any atom is -0.370 e. The Labute approximate surface area is 132 Å². The number of ketones is 1. The molecule has 0 aliphatic rings. The zero-order chi connectivity index (χ0) is 15.1. The molecular formula is C16H25ClN2O2. The third-order valence-electron chi connectivity index (χ3n) is 3.42. The van der Waals surface area contributed by atoms with E-state index in [1.165, 1.54) is 5.56 Å². The van der Waals surface area contributed by atoms with Crippen LogP contribution in [0.25, 0.3) is 0 Å². The predicted octanol–water partition coefficient (Wildman–Crippen LogP) is 2.33. The van der Waals surface area contributed by atoms with Crippen LogP contribution in [-0.2, 0) is 16.0 Å². The standard InChI is InChI=1S/C16H24N2O2.ClH/c1-11(2)13-6-3-12(4-7-13)5-9-15(19)14(17)8-10-16(18)20;/h3-4,6-7,11,14H,5,8-10,17H2,1-2H3,(H2,18,20);1H/t14-;/m0./s1. The Morgan fingerprint density at radius 3 is 2.14 bits per heavy atom. The smallest absolute Gasteiger partial charge is 0.217 e. The number of Topliss-reactive ketones (excluding diaryl/α,β-unsaturated/α-hetero) is 1. The Balaban J connectivity index is 0.00000400. The topological polar surface area (TPSA) is 86.2 Å². The number of hydrogen-bond acceptors (Lipinski definition) is 3. The molecule has 0 heterocycles. The van der Waals surface area contributed by atoms with E-state index in [0.29, 0.717) is 25.2 Å². The summed E-state index contributed by atoms with van der Waals surface area (Å²) in [5.74, 6) is 0.0737. The van der Waals surface area contributed by atoms with E-state index in [2.05, 4.69) is 38.1 Å². The number of aryl methyl sites for hydroxylation is 1. The van der Waals surface area contributed by atoms with Crippen LogP contribution in [-0.4, -0.2) is 17.7 Å². The Morgan fingerprint density at radius 1 is 1.10 bits per heavy atom. The van der Waals surface area contributed by atoms with Gasteiger partial charge in [-0.25, -0.2) is 0 Å². The van der Waals surface area contributed by atoms with Crippen LogP contribution >= 0.6 is 12.4 Å². The lowest BCUT2D eigenvalue weighted by Gasteiger charge is -2.10. The molecule has 0 unspecified atom stereocenters. The molecule has 1 atom stereocenters. The fraction of sp³-hybridized carbons (Fsp3) is 0.500. The second-order valence-electron chi connectivity index (χ2n) is 5.47. The molecular weight excluding hydrogens is 288 g/mol. The molecule has 1 rings (SSSR count). The second kappa shape index (κ2) is 9.53. The van der Waals surface area contributed by atoms with Crippen LogP contribution in [0.1, 0.15) is 50.2 Å². The van der Waals surface area contributed by atoms with E-state index in [1.54, 1.807) is 0 Å². The molecule has 4 N–H and O–H groups in total. The summed E-state index contributed by atoms with van der Waals surface area (Å²) in [6.45, 7) is 4.30. The first-order valence-corrected chi connectivity index (χ1v) is 7.05. The van der Waals surface area contributed by atoms with E-state index in [-0.39, 0.29) is 24.6 Å². The molecule has 0 aromatic heterocycles. The number of amides is 1.